The van der Waals surface area contributed by atoms with Gasteiger partial charge in [0.15, 0.2) is 5.65 Å². The largest absolute Gasteiger partial charge is 0.433 e. The normalized spacial score (nSPS) is 20.9. The van der Waals surface area contributed by atoms with Crippen molar-refractivity contribution in [3.05, 3.63) is 47.9 Å². The fourth-order valence-corrected chi connectivity index (χ4v) is 4.09. The predicted molar refractivity (Wildman–Crippen MR) is 103 cm³/mol. The van der Waals surface area contributed by atoms with Crippen LogP contribution in [0.25, 0.3) is 11.0 Å². The lowest BCUT2D eigenvalue weighted by atomic mass is 9.93. The van der Waals surface area contributed by atoms with E-state index in [1.165, 1.54) is 23.2 Å². The zero-order valence-electron chi connectivity index (χ0n) is 16.2. The number of halogens is 5. The summed E-state index contributed by atoms with van der Waals surface area (Å²) in [7, 11) is 0. The smallest absolute Gasteiger partial charge is 0.349 e. The van der Waals surface area contributed by atoms with Gasteiger partial charge in [-0.15, -0.1) is 0 Å². The van der Waals surface area contributed by atoms with Crippen LogP contribution < -0.4 is 9.80 Å². The predicted octanol–water partition coefficient (Wildman–Crippen LogP) is 4.24. The van der Waals surface area contributed by atoms with Gasteiger partial charge in [0.2, 0.25) is 5.95 Å². The number of fused-ring (bicyclic) bond motifs is 1. The summed E-state index contributed by atoms with van der Waals surface area (Å²) in [6, 6.07) is 5.70. The molecule has 0 aliphatic carbocycles. The van der Waals surface area contributed by atoms with Gasteiger partial charge in [0.25, 0.3) is 5.92 Å². The van der Waals surface area contributed by atoms with Gasteiger partial charge in [-0.2, -0.15) is 23.1 Å². The van der Waals surface area contributed by atoms with Gasteiger partial charge in [0, 0.05) is 37.5 Å². The SMILES string of the molecule is FC1(F)CCN(c2nc(N3CCC3c3cccnc3C(F)(F)F)c3cccnc3n2)C1. The number of hydrogen-bond donors (Lipinski definition) is 0. The van der Waals surface area contributed by atoms with Crippen LogP contribution in [0.5, 0.6) is 0 Å². The molecule has 0 aromatic carbocycles. The minimum Gasteiger partial charge on any atom is -0.349 e. The number of anilines is 2. The Labute approximate surface area is 173 Å². The van der Waals surface area contributed by atoms with Crippen LogP contribution in [0.15, 0.2) is 36.7 Å². The highest BCUT2D eigenvalue weighted by atomic mass is 19.4. The van der Waals surface area contributed by atoms with Crippen molar-refractivity contribution < 1.29 is 22.0 Å². The number of nitrogens with zero attached hydrogens (tertiary/aromatic N) is 6. The fourth-order valence-electron chi connectivity index (χ4n) is 4.09. The van der Waals surface area contributed by atoms with Crippen LogP contribution in [-0.2, 0) is 6.18 Å². The van der Waals surface area contributed by atoms with E-state index in [1.54, 1.807) is 17.0 Å². The summed E-state index contributed by atoms with van der Waals surface area (Å²) in [6.45, 7) is 0.0531. The molecule has 0 spiro atoms. The van der Waals surface area contributed by atoms with E-state index in [9.17, 15) is 22.0 Å². The molecule has 162 valence electrons. The molecule has 0 N–H and O–H groups in total. The molecule has 2 saturated heterocycles. The summed E-state index contributed by atoms with van der Waals surface area (Å²) in [5.41, 5.74) is -0.558. The quantitative estimate of drug-likeness (QED) is 0.573. The Morgan fingerprint density at radius 3 is 2.45 bits per heavy atom. The van der Waals surface area contributed by atoms with E-state index < -0.39 is 30.4 Å². The van der Waals surface area contributed by atoms with Crippen molar-refractivity contribution in [1.29, 1.82) is 0 Å². The zero-order chi connectivity index (χ0) is 21.8. The van der Waals surface area contributed by atoms with Crippen LogP contribution in [0.1, 0.15) is 30.1 Å². The molecule has 2 aliphatic heterocycles. The third kappa shape index (κ3) is 3.51. The van der Waals surface area contributed by atoms with Crippen molar-refractivity contribution in [2.75, 3.05) is 29.4 Å². The van der Waals surface area contributed by atoms with Crippen molar-refractivity contribution in [2.24, 2.45) is 0 Å². The first-order chi connectivity index (χ1) is 14.7. The van der Waals surface area contributed by atoms with Gasteiger partial charge in [-0.3, -0.25) is 4.98 Å². The molecule has 5 heterocycles. The molecular weight excluding hydrogens is 419 g/mol. The second kappa shape index (κ2) is 6.96. The summed E-state index contributed by atoms with van der Waals surface area (Å²) in [4.78, 5) is 19.7. The lowest BCUT2D eigenvalue weighted by Crippen LogP contribution is -2.43. The second-order valence-corrected chi connectivity index (χ2v) is 7.69. The number of pyridine rings is 2. The van der Waals surface area contributed by atoms with Crippen molar-refractivity contribution in [1.82, 2.24) is 19.9 Å². The monoisotopic (exact) mass is 436 g/mol. The molecule has 2 fully saturated rings. The highest BCUT2D eigenvalue weighted by Gasteiger charge is 2.43. The van der Waals surface area contributed by atoms with Crippen molar-refractivity contribution in [3.63, 3.8) is 0 Å². The number of rotatable bonds is 3. The number of alkyl halides is 5. The van der Waals surface area contributed by atoms with E-state index in [4.69, 9.17) is 0 Å². The van der Waals surface area contributed by atoms with Crippen LogP contribution in [0.3, 0.4) is 0 Å². The van der Waals surface area contributed by atoms with Gasteiger partial charge in [0.1, 0.15) is 11.5 Å². The molecule has 31 heavy (non-hydrogen) atoms. The van der Waals surface area contributed by atoms with Crippen molar-refractivity contribution in [2.45, 2.75) is 31.0 Å². The third-order valence-electron chi connectivity index (χ3n) is 5.65. The average molecular weight is 436 g/mol. The highest BCUT2D eigenvalue weighted by Crippen LogP contribution is 2.44. The van der Waals surface area contributed by atoms with Gasteiger partial charge in [-0.05, 0) is 24.6 Å². The maximum absolute atomic E-state index is 13.7. The van der Waals surface area contributed by atoms with Crippen LogP contribution in [0.4, 0.5) is 33.7 Å². The molecule has 6 nitrogen and oxygen atoms in total. The minimum absolute atomic E-state index is 0.0613. The maximum atomic E-state index is 13.7. The fraction of sp³-hybridized carbons (Fsp3) is 0.400. The molecule has 0 bridgehead atoms. The Bertz CT molecular complexity index is 1130. The third-order valence-corrected chi connectivity index (χ3v) is 5.65. The number of aromatic nitrogens is 4. The molecule has 3 aromatic heterocycles. The second-order valence-electron chi connectivity index (χ2n) is 7.69. The van der Waals surface area contributed by atoms with E-state index in [1.807, 2.05) is 0 Å². The Morgan fingerprint density at radius 2 is 1.77 bits per heavy atom. The molecule has 2 aliphatic rings. The summed E-state index contributed by atoms with van der Waals surface area (Å²) in [6.07, 6.45) is -1.76. The van der Waals surface area contributed by atoms with E-state index in [-0.39, 0.29) is 24.5 Å². The average Bonchev–Trinajstić information content (AvgIpc) is 3.06. The van der Waals surface area contributed by atoms with Crippen LogP contribution in [0, 0.1) is 0 Å². The van der Waals surface area contributed by atoms with Gasteiger partial charge in [-0.25, -0.2) is 13.8 Å². The lowest BCUT2D eigenvalue weighted by Gasteiger charge is -2.43. The summed E-state index contributed by atoms with van der Waals surface area (Å²) in [5, 5.41) is 0.555. The molecule has 0 amide bonds. The van der Waals surface area contributed by atoms with E-state index >= 15 is 0 Å². The minimum atomic E-state index is -4.58. The molecule has 5 rings (SSSR count). The molecule has 11 heteroatoms. The summed E-state index contributed by atoms with van der Waals surface area (Å²) in [5.74, 6) is -2.35. The Morgan fingerprint density at radius 1 is 1.00 bits per heavy atom. The summed E-state index contributed by atoms with van der Waals surface area (Å²) >= 11 is 0. The molecule has 0 saturated carbocycles. The van der Waals surface area contributed by atoms with Gasteiger partial charge >= 0.3 is 6.18 Å². The zero-order valence-corrected chi connectivity index (χ0v) is 16.2. The van der Waals surface area contributed by atoms with E-state index in [2.05, 4.69) is 19.9 Å². The van der Waals surface area contributed by atoms with Crippen LogP contribution in [-0.4, -0.2) is 45.5 Å². The summed E-state index contributed by atoms with van der Waals surface area (Å²) < 4.78 is 68.0. The first-order valence-corrected chi connectivity index (χ1v) is 9.77. The first-order valence-electron chi connectivity index (χ1n) is 9.77. The number of hydrogen-bond acceptors (Lipinski definition) is 6. The first kappa shape index (κ1) is 19.8. The molecule has 1 atom stereocenters. The Hall–Kier alpha value is -3.11. The highest BCUT2D eigenvalue weighted by molar-refractivity contribution is 5.88. The van der Waals surface area contributed by atoms with Gasteiger partial charge in [-0.1, -0.05) is 6.07 Å². The molecule has 0 radical (unpaired) electrons. The maximum Gasteiger partial charge on any atom is 0.433 e. The Balaban J connectivity index is 1.58. The molecule has 1 unspecified atom stereocenters. The van der Waals surface area contributed by atoms with Crippen LogP contribution in [0.2, 0.25) is 0 Å². The van der Waals surface area contributed by atoms with Crippen LogP contribution >= 0.6 is 0 Å². The standard InChI is InChI=1S/C20H17F5N6/c21-19(22)6-10-30(11-19)18-28-16-13(4-2-8-27-16)17(29-18)31-9-5-14(31)12-3-1-7-26-15(12)20(23,24)25/h1-4,7-8,14H,5-6,9-11H2. The van der Waals surface area contributed by atoms with E-state index in [0.29, 0.717) is 29.8 Å². The lowest BCUT2D eigenvalue weighted by molar-refractivity contribution is -0.142. The van der Waals surface area contributed by atoms with Gasteiger partial charge < -0.3 is 9.80 Å². The Kier molecular flexibility index (Phi) is 4.45. The molecule has 3 aromatic rings. The molecular formula is C20H17F5N6. The van der Waals surface area contributed by atoms with Crippen molar-refractivity contribution >= 4 is 22.8 Å². The van der Waals surface area contributed by atoms with Crippen molar-refractivity contribution in [3.8, 4) is 0 Å². The topological polar surface area (TPSA) is 58.0 Å². The van der Waals surface area contributed by atoms with E-state index in [0.717, 1.165) is 6.20 Å². The van der Waals surface area contributed by atoms with Gasteiger partial charge in [0.05, 0.1) is 18.0 Å².